The van der Waals surface area contributed by atoms with Crippen molar-refractivity contribution in [3.63, 3.8) is 0 Å². The lowest BCUT2D eigenvalue weighted by molar-refractivity contribution is -0.125. The number of carbonyl (C=O) groups excluding carboxylic acids is 1. The van der Waals surface area contributed by atoms with Gasteiger partial charge in [-0.3, -0.25) is 4.79 Å². The van der Waals surface area contributed by atoms with E-state index in [9.17, 15) is 9.90 Å². The quantitative estimate of drug-likeness (QED) is 0.762. The second-order valence-electron chi connectivity index (χ2n) is 5.70. The number of ketones is 1. The van der Waals surface area contributed by atoms with E-state index in [-0.39, 0.29) is 12.0 Å². The molecule has 1 atom stereocenters. The molecule has 0 aliphatic heterocycles. The zero-order chi connectivity index (χ0) is 16.7. The minimum absolute atomic E-state index is 0.0416. The third-order valence-electron chi connectivity index (χ3n) is 4.02. The molecule has 0 saturated carbocycles. The van der Waals surface area contributed by atoms with Crippen LogP contribution in [0.15, 0.2) is 73.3 Å². The maximum absolute atomic E-state index is 11.4. The Morgan fingerprint density at radius 2 is 1.61 bits per heavy atom. The smallest absolute Gasteiger partial charge is 0.185 e. The van der Waals surface area contributed by atoms with Gasteiger partial charge in [-0.05, 0) is 24.1 Å². The van der Waals surface area contributed by atoms with Crippen LogP contribution in [0.25, 0.3) is 0 Å². The maximum Gasteiger partial charge on any atom is 0.185 e. The minimum Gasteiger partial charge on any atom is -0.383 e. The fourth-order valence-corrected chi connectivity index (χ4v) is 2.54. The summed E-state index contributed by atoms with van der Waals surface area (Å²) in [5.74, 6) is -0.425. The van der Waals surface area contributed by atoms with Gasteiger partial charge in [-0.15, -0.1) is 0 Å². The molecular weight excluding hydrogens is 288 g/mol. The molecule has 1 unspecified atom stereocenters. The predicted molar refractivity (Wildman–Crippen MR) is 91.4 cm³/mol. The number of aliphatic hydroxyl groups excluding tert-OH is 1. The van der Waals surface area contributed by atoms with Crippen LogP contribution < -0.4 is 0 Å². The summed E-state index contributed by atoms with van der Waals surface area (Å²) in [7, 11) is 0. The van der Waals surface area contributed by atoms with Crippen LogP contribution in [-0.4, -0.2) is 30.2 Å². The summed E-state index contributed by atoms with van der Waals surface area (Å²) in [4.78, 5) is 11.4. The van der Waals surface area contributed by atoms with Crippen molar-refractivity contribution in [2.45, 2.75) is 18.4 Å². The van der Waals surface area contributed by atoms with Crippen molar-refractivity contribution >= 4 is 5.78 Å². The molecule has 0 heterocycles. The molecule has 0 spiro atoms. The van der Waals surface area contributed by atoms with Crippen molar-refractivity contribution in [3.8, 4) is 0 Å². The van der Waals surface area contributed by atoms with Gasteiger partial charge in [0.1, 0.15) is 6.10 Å². The van der Waals surface area contributed by atoms with Gasteiger partial charge >= 0.3 is 0 Å². The average molecular weight is 310 g/mol. The van der Waals surface area contributed by atoms with E-state index in [2.05, 4.69) is 37.8 Å². The Kier molecular flexibility index (Phi) is 5.85. The fraction of sp³-hybridized carbons (Fsp3) is 0.250. The van der Waals surface area contributed by atoms with E-state index in [1.807, 2.05) is 36.4 Å². The van der Waals surface area contributed by atoms with Gasteiger partial charge < -0.3 is 9.84 Å². The van der Waals surface area contributed by atoms with Crippen molar-refractivity contribution in [1.82, 2.24) is 0 Å². The Labute approximate surface area is 137 Å². The fourth-order valence-electron chi connectivity index (χ4n) is 2.54. The van der Waals surface area contributed by atoms with Crippen molar-refractivity contribution in [2.75, 3.05) is 13.2 Å². The zero-order valence-electron chi connectivity index (χ0n) is 13.3. The van der Waals surface area contributed by atoms with Gasteiger partial charge in [0.25, 0.3) is 0 Å². The Balaban J connectivity index is 2.19. The van der Waals surface area contributed by atoms with Gasteiger partial charge in [-0.25, -0.2) is 0 Å². The predicted octanol–water partition coefficient (Wildman–Crippen LogP) is 3.13. The lowest BCUT2D eigenvalue weighted by atomic mass is 9.77. The van der Waals surface area contributed by atoms with Crippen molar-refractivity contribution in [3.05, 3.63) is 84.4 Å². The van der Waals surface area contributed by atoms with Crippen LogP contribution in [0, 0.1) is 0 Å². The molecule has 0 bridgehead atoms. The average Bonchev–Trinajstić information content (AvgIpc) is 2.62. The summed E-state index contributed by atoms with van der Waals surface area (Å²) in [6.45, 7) is 5.79. The lowest BCUT2D eigenvalue weighted by Gasteiger charge is -2.31. The van der Waals surface area contributed by atoms with Gasteiger partial charge in [-0.2, -0.15) is 0 Å². The molecule has 2 aromatic rings. The first-order valence-corrected chi connectivity index (χ1v) is 7.61. The van der Waals surface area contributed by atoms with Gasteiger partial charge in [0.15, 0.2) is 5.78 Å². The normalized spacial score (nSPS) is 12.6. The van der Waals surface area contributed by atoms with Crippen LogP contribution in [-0.2, 0) is 14.9 Å². The van der Waals surface area contributed by atoms with Crippen LogP contribution in [0.3, 0.4) is 0 Å². The Morgan fingerprint density at radius 3 is 2.04 bits per heavy atom. The molecule has 0 aliphatic carbocycles. The second-order valence-corrected chi connectivity index (χ2v) is 5.70. The molecule has 2 aromatic carbocycles. The number of benzene rings is 2. The zero-order valence-corrected chi connectivity index (χ0v) is 13.3. The number of ether oxygens (including phenoxy) is 1. The third-order valence-corrected chi connectivity index (χ3v) is 4.02. The molecule has 0 fully saturated rings. The molecule has 23 heavy (non-hydrogen) atoms. The summed E-state index contributed by atoms with van der Waals surface area (Å²) in [5.41, 5.74) is 1.88. The molecule has 0 radical (unpaired) electrons. The highest BCUT2D eigenvalue weighted by Gasteiger charge is 2.29. The first-order valence-electron chi connectivity index (χ1n) is 7.61. The van der Waals surface area contributed by atoms with Gasteiger partial charge in [-0.1, -0.05) is 67.2 Å². The van der Waals surface area contributed by atoms with Crippen LogP contribution in [0.2, 0.25) is 0 Å². The Hall–Kier alpha value is -2.23. The molecule has 0 aliphatic rings. The number of aliphatic hydroxyl groups is 1. The summed E-state index contributed by atoms with van der Waals surface area (Å²) < 4.78 is 5.67. The third kappa shape index (κ3) is 4.15. The monoisotopic (exact) mass is 310 g/mol. The molecule has 0 aromatic heterocycles. The Morgan fingerprint density at radius 1 is 1.13 bits per heavy atom. The molecular formula is C20H22O3. The summed E-state index contributed by atoms with van der Waals surface area (Å²) in [5, 5.41) is 9.71. The van der Waals surface area contributed by atoms with Crippen molar-refractivity contribution < 1.29 is 14.6 Å². The highest BCUT2D eigenvalue weighted by molar-refractivity contribution is 5.92. The van der Waals surface area contributed by atoms with Crippen LogP contribution in [0.5, 0.6) is 0 Å². The van der Waals surface area contributed by atoms with Crippen molar-refractivity contribution in [1.29, 1.82) is 0 Å². The van der Waals surface area contributed by atoms with Crippen LogP contribution in [0.4, 0.5) is 0 Å². The lowest BCUT2D eigenvalue weighted by Crippen LogP contribution is -2.33. The SMILES string of the molecule is C=CC(=O)C(O)COCC(C)(c1ccccc1)c1ccccc1. The molecule has 0 saturated heterocycles. The molecule has 3 heteroatoms. The van der Waals surface area contributed by atoms with E-state index < -0.39 is 11.9 Å². The highest BCUT2D eigenvalue weighted by Crippen LogP contribution is 2.32. The van der Waals surface area contributed by atoms with E-state index in [1.165, 1.54) is 0 Å². The van der Waals surface area contributed by atoms with Gasteiger partial charge in [0, 0.05) is 5.41 Å². The minimum atomic E-state index is -1.16. The number of hydrogen-bond acceptors (Lipinski definition) is 3. The van der Waals surface area contributed by atoms with Gasteiger partial charge in [0.2, 0.25) is 0 Å². The maximum atomic E-state index is 11.4. The van der Waals surface area contributed by atoms with Gasteiger partial charge in [0.05, 0.1) is 13.2 Å². The molecule has 120 valence electrons. The largest absolute Gasteiger partial charge is 0.383 e. The summed E-state index contributed by atoms with van der Waals surface area (Å²) in [6.07, 6.45) is -0.0509. The summed E-state index contributed by atoms with van der Waals surface area (Å²) in [6, 6.07) is 20.1. The van der Waals surface area contributed by atoms with Crippen LogP contribution in [0.1, 0.15) is 18.1 Å². The highest BCUT2D eigenvalue weighted by atomic mass is 16.5. The van der Waals surface area contributed by atoms with E-state index in [1.54, 1.807) is 0 Å². The standard InChI is InChI=1S/C20H22O3/c1-3-18(21)19(22)14-23-15-20(2,16-10-6-4-7-11-16)17-12-8-5-9-13-17/h3-13,19,22H,1,14-15H2,2H3. The number of hydrogen-bond donors (Lipinski definition) is 1. The first kappa shape index (κ1) is 17.1. The molecule has 1 N–H and O–H groups in total. The molecule has 2 rings (SSSR count). The van der Waals surface area contributed by atoms with Crippen LogP contribution >= 0.6 is 0 Å². The first-order chi connectivity index (χ1) is 11.1. The topological polar surface area (TPSA) is 46.5 Å². The molecule has 3 nitrogen and oxygen atoms in total. The second kappa shape index (κ2) is 7.86. The van der Waals surface area contributed by atoms with E-state index in [4.69, 9.17) is 4.74 Å². The number of rotatable bonds is 8. The Bertz CT molecular complexity index is 595. The van der Waals surface area contributed by atoms with E-state index in [0.717, 1.165) is 17.2 Å². The van der Waals surface area contributed by atoms with Crippen molar-refractivity contribution in [2.24, 2.45) is 0 Å². The van der Waals surface area contributed by atoms with E-state index >= 15 is 0 Å². The van der Waals surface area contributed by atoms with E-state index in [0.29, 0.717) is 6.61 Å². The molecule has 0 amide bonds. The summed E-state index contributed by atoms with van der Waals surface area (Å²) >= 11 is 0. The number of carbonyl (C=O) groups is 1.